The number of likely N-dealkylation sites (N-methyl/N-ethyl adjacent to an activating group) is 1. The highest BCUT2D eigenvalue weighted by molar-refractivity contribution is 7.47. The molecule has 328 valence electrons. The van der Waals surface area contributed by atoms with Crippen LogP contribution < -0.4 is 5.32 Å². The first-order chi connectivity index (χ1) is 27.0. The number of unbranched alkanes of at least 4 members (excludes halogenated alkanes) is 22. The number of amides is 1. The number of aliphatic hydroxyl groups excluding tert-OH is 1. The summed E-state index contributed by atoms with van der Waals surface area (Å²) in [6.45, 7) is 4.74. The van der Waals surface area contributed by atoms with Gasteiger partial charge in [0.25, 0.3) is 0 Å². The van der Waals surface area contributed by atoms with Gasteiger partial charge >= 0.3 is 7.82 Å². The molecule has 56 heavy (non-hydrogen) atoms. The Hall–Kier alpha value is -1.54. The second-order valence-electron chi connectivity index (χ2n) is 16.8. The molecule has 3 atom stereocenters. The molecule has 0 aromatic carbocycles. The largest absolute Gasteiger partial charge is 0.472 e. The number of quaternary nitrogens is 1. The van der Waals surface area contributed by atoms with Gasteiger partial charge in [0.15, 0.2) is 0 Å². The number of rotatable bonds is 41. The van der Waals surface area contributed by atoms with Gasteiger partial charge in [-0.05, 0) is 70.6 Å². The summed E-state index contributed by atoms with van der Waals surface area (Å²) in [7, 11) is 1.54. The third-order valence-electron chi connectivity index (χ3n) is 10.00. The fourth-order valence-electron chi connectivity index (χ4n) is 6.30. The molecule has 1 amide bonds. The number of allylic oxidation sites excluding steroid dienone is 7. The minimum atomic E-state index is -4.35. The third-order valence-corrected chi connectivity index (χ3v) is 11.0. The number of nitrogens with one attached hydrogen (secondary N) is 1. The molecule has 9 heteroatoms. The fraction of sp³-hybridized carbons (Fsp3) is 0.809. The van der Waals surface area contributed by atoms with Gasteiger partial charge < -0.3 is 19.8 Å². The zero-order chi connectivity index (χ0) is 41.4. The highest BCUT2D eigenvalue weighted by Gasteiger charge is 2.27. The van der Waals surface area contributed by atoms with Crippen LogP contribution in [0.1, 0.15) is 194 Å². The standard InChI is InChI=1S/C47H89N2O6P/c1-6-8-10-12-14-16-18-20-21-22-23-24-25-26-27-29-31-33-35-37-39-41-47(51)48-45(44-55-56(52,53)54-43-42-49(3,4)5)46(50)40-38-36-34-32-30-28-19-17-15-13-11-9-7-2/h15,17,22-23,30,32,38,40,45-46,50H,6-14,16,18-21,24-29,31,33-37,39,41-44H2,1-5H3,(H-,48,51,52,53)/p+1/b17-15+,23-22-,32-30+,40-38+. The molecule has 0 aliphatic carbocycles. The Balaban J connectivity index is 4.38. The predicted octanol–water partition coefficient (Wildman–Crippen LogP) is 12.9. The van der Waals surface area contributed by atoms with Crippen molar-refractivity contribution >= 4 is 13.7 Å². The van der Waals surface area contributed by atoms with Crippen molar-refractivity contribution in [1.29, 1.82) is 0 Å². The molecule has 0 heterocycles. The van der Waals surface area contributed by atoms with Crippen LogP contribution >= 0.6 is 7.82 Å². The van der Waals surface area contributed by atoms with Crippen LogP contribution in [0.2, 0.25) is 0 Å². The van der Waals surface area contributed by atoms with E-state index in [1.807, 2.05) is 27.2 Å². The Labute approximate surface area is 346 Å². The summed E-state index contributed by atoms with van der Waals surface area (Å²) in [6, 6.07) is -0.869. The van der Waals surface area contributed by atoms with Crippen LogP contribution in [0, 0.1) is 0 Å². The van der Waals surface area contributed by atoms with Crippen molar-refractivity contribution in [2.75, 3.05) is 40.9 Å². The van der Waals surface area contributed by atoms with Crippen molar-refractivity contribution in [1.82, 2.24) is 5.32 Å². The molecule has 0 rings (SSSR count). The Bertz CT molecular complexity index is 1050. The summed E-state index contributed by atoms with van der Waals surface area (Å²) < 4.78 is 23.5. The monoisotopic (exact) mass is 810 g/mol. The van der Waals surface area contributed by atoms with E-state index in [1.165, 1.54) is 122 Å². The second kappa shape index (κ2) is 38.9. The first-order valence-corrected chi connectivity index (χ1v) is 24.5. The lowest BCUT2D eigenvalue weighted by Gasteiger charge is -2.25. The third kappa shape index (κ3) is 40.6. The summed E-state index contributed by atoms with van der Waals surface area (Å²) in [4.78, 5) is 23.1. The molecule has 0 aromatic heterocycles. The van der Waals surface area contributed by atoms with E-state index >= 15 is 0 Å². The summed E-state index contributed by atoms with van der Waals surface area (Å²) in [5, 5.41) is 13.8. The fourth-order valence-corrected chi connectivity index (χ4v) is 7.04. The second-order valence-corrected chi connectivity index (χ2v) is 18.2. The normalized spacial score (nSPS) is 14.8. The van der Waals surface area contributed by atoms with Crippen LogP contribution in [0.3, 0.4) is 0 Å². The molecular formula is C47H90N2O6P+. The molecule has 8 nitrogen and oxygen atoms in total. The van der Waals surface area contributed by atoms with Crippen LogP contribution in [0.4, 0.5) is 0 Å². The zero-order valence-corrected chi connectivity index (χ0v) is 38.0. The smallest absolute Gasteiger partial charge is 0.387 e. The maximum atomic E-state index is 12.9. The van der Waals surface area contributed by atoms with Crippen molar-refractivity contribution in [3.05, 3.63) is 48.6 Å². The van der Waals surface area contributed by atoms with E-state index in [-0.39, 0.29) is 19.1 Å². The van der Waals surface area contributed by atoms with E-state index in [4.69, 9.17) is 9.05 Å². The van der Waals surface area contributed by atoms with Crippen LogP contribution in [0.15, 0.2) is 48.6 Å². The van der Waals surface area contributed by atoms with Crippen LogP contribution in [-0.2, 0) is 18.4 Å². The maximum absolute atomic E-state index is 12.9. The lowest BCUT2D eigenvalue weighted by molar-refractivity contribution is -0.870. The van der Waals surface area contributed by atoms with E-state index < -0.39 is 20.0 Å². The van der Waals surface area contributed by atoms with Gasteiger partial charge in [0.2, 0.25) is 5.91 Å². The number of nitrogens with zero attached hydrogens (tertiary/aromatic N) is 1. The van der Waals surface area contributed by atoms with E-state index in [9.17, 15) is 19.4 Å². The van der Waals surface area contributed by atoms with Crippen LogP contribution in [0.5, 0.6) is 0 Å². The lowest BCUT2D eigenvalue weighted by Crippen LogP contribution is -2.45. The molecule has 0 spiro atoms. The van der Waals surface area contributed by atoms with Gasteiger partial charge in [-0.2, -0.15) is 0 Å². The number of aliphatic hydroxyl groups is 1. The first-order valence-electron chi connectivity index (χ1n) is 23.0. The zero-order valence-electron chi connectivity index (χ0n) is 37.1. The van der Waals surface area contributed by atoms with Crippen molar-refractivity contribution in [3.8, 4) is 0 Å². The minimum absolute atomic E-state index is 0.0522. The van der Waals surface area contributed by atoms with E-state index in [0.29, 0.717) is 17.4 Å². The van der Waals surface area contributed by atoms with Gasteiger partial charge in [0, 0.05) is 6.42 Å². The minimum Gasteiger partial charge on any atom is -0.387 e. The highest BCUT2D eigenvalue weighted by atomic mass is 31.2. The van der Waals surface area contributed by atoms with Gasteiger partial charge in [-0.3, -0.25) is 13.8 Å². The first kappa shape index (κ1) is 54.5. The molecule has 0 radical (unpaired) electrons. The highest BCUT2D eigenvalue weighted by Crippen LogP contribution is 2.43. The summed E-state index contributed by atoms with van der Waals surface area (Å²) in [5.41, 5.74) is 0. The topological polar surface area (TPSA) is 105 Å². The molecule has 0 saturated carbocycles. The molecule has 0 aromatic rings. The maximum Gasteiger partial charge on any atom is 0.472 e. The van der Waals surface area contributed by atoms with Gasteiger partial charge in [-0.15, -0.1) is 0 Å². The number of hydrogen-bond acceptors (Lipinski definition) is 5. The Kier molecular flexibility index (Phi) is 37.9. The molecule has 0 fully saturated rings. The Morgan fingerprint density at radius 3 is 1.46 bits per heavy atom. The molecule has 0 aliphatic heterocycles. The predicted molar refractivity (Wildman–Crippen MR) is 240 cm³/mol. The van der Waals surface area contributed by atoms with Crippen molar-refractivity contribution in [2.24, 2.45) is 0 Å². The van der Waals surface area contributed by atoms with Crippen molar-refractivity contribution in [3.63, 3.8) is 0 Å². The molecule has 3 unspecified atom stereocenters. The van der Waals surface area contributed by atoms with E-state index in [0.717, 1.165) is 51.4 Å². The van der Waals surface area contributed by atoms with Crippen molar-refractivity contribution < 1.29 is 32.9 Å². The molecule has 0 bridgehead atoms. The lowest BCUT2D eigenvalue weighted by atomic mass is 10.0. The van der Waals surface area contributed by atoms with Gasteiger partial charge in [-0.25, -0.2) is 4.57 Å². The summed E-state index contributed by atoms with van der Waals surface area (Å²) in [5.74, 6) is -0.195. The number of hydrogen-bond donors (Lipinski definition) is 3. The number of phosphoric acid groups is 1. The number of phosphoric ester groups is 1. The summed E-state index contributed by atoms with van der Waals surface area (Å²) in [6.07, 6.45) is 49.0. The number of carbonyl (C=O) groups is 1. The number of carbonyl (C=O) groups excluding carboxylic acids is 1. The summed E-state index contributed by atoms with van der Waals surface area (Å²) >= 11 is 0. The van der Waals surface area contributed by atoms with E-state index in [1.54, 1.807) is 6.08 Å². The van der Waals surface area contributed by atoms with Crippen molar-refractivity contribution in [2.45, 2.75) is 206 Å². The van der Waals surface area contributed by atoms with Crippen LogP contribution in [-0.4, -0.2) is 73.4 Å². The van der Waals surface area contributed by atoms with Gasteiger partial charge in [0.1, 0.15) is 13.2 Å². The molecule has 3 N–H and O–H groups in total. The van der Waals surface area contributed by atoms with Gasteiger partial charge in [0.05, 0.1) is 39.9 Å². The molecular weight excluding hydrogens is 719 g/mol. The SMILES string of the molecule is CCCCC/C=C/CC/C=C/CC/C=C/C(O)C(COP(=O)(O)OCC[N+](C)(C)C)NC(=O)CCCCCCCCCCC/C=C\CCCCCCCCCC. The average molecular weight is 810 g/mol. The van der Waals surface area contributed by atoms with Gasteiger partial charge in [-0.1, -0.05) is 165 Å². The molecule has 0 saturated heterocycles. The molecule has 0 aliphatic rings. The Morgan fingerprint density at radius 1 is 0.589 bits per heavy atom. The Morgan fingerprint density at radius 2 is 0.982 bits per heavy atom. The quantitative estimate of drug-likeness (QED) is 0.0246. The van der Waals surface area contributed by atoms with E-state index in [2.05, 4.69) is 55.6 Å². The van der Waals surface area contributed by atoms with Crippen LogP contribution in [0.25, 0.3) is 0 Å². The average Bonchev–Trinajstić information content (AvgIpc) is 3.15.